The van der Waals surface area contributed by atoms with Crippen LogP contribution in [0.1, 0.15) is 18.4 Å². The minimum absolute atomic E-state index is 0.120. The van der Waals surface area contributed by atoms with Crippen LogP contribution in [0.25, 0.3) is 0 Å². The Labute approximate surface area is 147 Å². The summed E-state index contributed by atoms with van der Waals surface area (Å²) in [5, 5.41) is 5.52. The van der Waals surface area contributed by atoms with Gasteiger partial charge in [-0.15, -0.1) is 0 Å². The Balaban J connectivity index is 1.59. The van der Waals surface area contributed by atoms with Crippen LogP contribution >= 0.6 is 0 Å². The van der Waals surface area contributed by atoms with E-state index in [1.54, 1.807) is 24.3 Å². The smallest absolute Gasteiger partial charge is 0.226 e. The van der Waals surface area contributed by atoms with Crippen LogP contribution in [0.15, 0.2) is 48.5 Å². The number of benzene rings is 2. The van der Waals surface area contributed by atoms with Gasteiger partial charge in [-0.2, -0.15) is 0 Å². The maximum Gasteiger partial charge on any atom is 0.226 e. The minimum atomic E-state index is -0.179. The summed E-state index contributed by atoms with van der Waals surface area (Å²) in [5.74, 6) is -0.299. The zero-order valence-electron chi connectivity index (χ0n) is 14.2. The molecular weight excluding hydrogens is 318 g/mol. The number of carbonyl (C=O) groups is 2. The highest BCUT2D eigenvalue weighted by Crippen LogP contribution is 2.16. The van der Waals surface area contributed by atoms with Crippen LogP contribution in [-0.4, -0.2) is 25.0 Å². The molecule has 0 saturated carbocycles. The Morgan fingerprint density at radius 3 is 2.16 bits per heavy atom. The van der Waals surface area contributed by atoms with E-state index in [0.29, 0.717) is 11.4 Å². The van der Waals surface area contributed by atoms with Crippen LogP contribution in [0.2, 0.25) is 0 Å². The Morgan fingerprint density at radius 1 is 0.920 bits per heavy atom. The van der Waals surface area contributed by atoms with Crippen LogP contribution in [0.3, 0.4) is 0 Å². The van der Waals surface area contributed by atoms with Crippen LogP contribution < -0.4 is 16.4 Å². The number of hydrogen-bond acceptors (Lipinski definition) is 4. The summed E-state index contributed by atoms with van der Waals surface area (Å²) in [6.07, 6.45) is 0.440. The lowest BCUT2D eigenvalue weighted by molar-refractivity contribution is -0.117. The largest absolute Gasteiger partial charge is 0.397 e. The van der Waals surface area contributed by atoms with E-state index in [2.05, 4.69) is 10.6 Å². The lowest BCUT2D eigenvalue weighted by Gasteiger charge is -2.08. The summed E-state index contributed by atoms with van der Waals surface area (Å²) in [5.41, 5.74) is 8.76. The van der Waals surface area contributed by atoms with Crippen LogP contribution in [0.4, 0.5) is 17.1 Å². The van der Waals surface area contributed by atoms with Crippen molar-refractivity contribution >= 4 is 28.9 Å². The van der Waals surface area contributed by atoms with E-state index in [9.17, 15) is 9.59 Å². The van der Waals surface area contributed by atoms with Crippen LogP contribution in [0.5, 0.6) is 0 Å². The first-order chi connectivity index (χ1) is 12.0. The third-order valence-electron chi connectivity index (χ3n) is 3.52. The van der Waals surface area contributed by atoms with Gasteiger partial charge in [0.25, 0.3) is 0 Å². The van der Waals surface area contributed by atoms with Gasteiger partial charge in [0.2, 0.25) is 11.8 Å². The number of aryl methyl sites for hydroxylation is 1. The normalized spacial score (nSPS) is 10.3. The fourth-order valence-corrected chi connectivity index (χ4v) is 2.12. The molecule has 0 aliphatic carbocycles. The number of anilines is 3. The summed E-state index contributed by atoms with van der Waals surface area (Å²) in [4.78, 5) is 23.6. The van der Waals surface area contributed by atoms with E-state index < -0.39 is 0 Å². The number of nitrogens with two attached hydrogens (primary N) is 1. The van der Waals surface area contributed by atoms with Crippen LogP contribution in [-0.2, 0) is 14.3 Å². The number of ether oxygens (including phenoxy) is 1. The monoisotopic (exact) mass is 341 g/mol. The van der Waals surface area contributed by atoms with Crippen molar-refractivity contribution in [1.29, 1.82) is 0 Å². The molecule has 0 spiro atoms. The standard InChI is InChI=1S/C19H23N3O3/c1-14-6-8-15(9-7-14)21-18(23)10-12-25-13-11-19(24)22-17-5-3-2-4-16(17)20/h2-9H,10-13,20H2,1H3,(H,21,23)(H,22,24). The van der Waals surface area contributed by atoms with Gasteiger partial charge in [-0.25, -0.2) is 0 Å². The van der Waals surface area contributed by atoms with Gasteiger partial charge in [0.1, 0.15) is 0 Å². The van der Waals surface area contributed by atoms with Crippen molar-refractivity contribution in [3.63, 3.8) is 0 Å². The molecule has 0 aliphatic rings. The molecule has 0 unspecified atom stereocenters. The highest BCUT2D eigenvalue weighted by Gasteiger charge is 2.06. The van der Waals surface area contributed by atoms with Crippen molar-refractivity contribution in [1.82, 2.24) is 0 Å². The van der Waals surface area contributed by atoms with Crippen molar-refractivity contribution in [2.24, 2.45) is 0 Å². The molecule has 25 heavy (non-hydrogen) atoms. The quantitative estimate of drug-likeness (QED) is 0.508. The average Bonchev–Trinajstić information content (AvgIpc) is 2.59. The highest BCUT2D eigenvalue weighted by molar-refractivity contribution is 5.93. The second-order valence-corrected chi connectivity index (χ2v) is 5.66. The van der Waals surface area contributed by atoms with Crippen molar-refractivity contribution in [3.05, 3.63) is 54.1 Å². The van der Waals surface area contributed by atoms with Crippen molar-refractivity contribution in [3.8, 4) is 0 Å². The van der Waals surface area contributed by atoms with E-state index in [1.165, 1.54) is 0 Å². The van der Waals surface area contributed by atoms with E-state index in [1.807, 2.05) is 31.2 Å². The predicted octanol–water partition coefficient (Wildman–Crippen LogP) is 2.95. The molecule has 2 aromatic rings. The van der Waals surface area contributed by atoms with Crippen LogP contribution in [0, 0.1) is 6.92 Å². The molecule has 2 rings (SSSR count). The maximum absolute atomic E-state index is 11.8. The topological polar surface area (TPSA) is 93.4 Å². The zero-order chi connectivity index (χ0) is 18.1. The lowest BCUT2D eigenvalue weighted by atomic mass is 10.2. The third kappa shape index (κ3) is 6.64. The molecule has 0 aliphatic heterocycles. The van der Waals surface area contributed by atoms with Gasteiger partial charge in [0.05, 0.1) is 37.4 Å². The van der Waals surface area contributed by atoms with E-state index >= 15 is 0 Å². The van der Waals surface area contributed by atoms with Crippen molar-refractivity contribution in [2.75, 3.05) is 29.6 Å². The van der Waals surface area contributed by atoms with Gasteiger partial charge >= 0.3 is 0 Å². The van der Waals surface area contributed by atoms with Gasteiger partial charge in [-0.1, -0.05) is 29.8 Å². The maximum atomic E-state index is 11.8. The van der Waals surface area contributed by atoms with E-state index in [-0.39, 0.29) is 37.9 Å². The first-order valence-electron chi connectivity index (χ1n) is 8.13. The Hall–Kier alpha value is -2.86. The Bertz CT molecular complexity index is 714. The Kier molecular flexibility index (Phi) is 6.98. The second-order valence-electron chi connectivity index (χ2n) is 5.66. The number of nitrogen functional groups attached to an aromatic ring is 1. The summed E-state index contributed by atoms with van der Waals surface area (Å²) in [7, 11) is 0. The van der Waals surface area contributed by atoms with Crippen molar-refractivity contribution in [2.45, 2.75) is 19.8 Å². The first kappa shape index (κ1) is 18.5. The molecule has 6 heteroatoms. The Morgan fingerprint density at radius 2 is 1.52 bits per heavy atom. The fraction of sp³-hybridized carbons (Fsp3) is 0.263. The average molecular weight is 341 g/mol. The molecule has 0 saturated heterocycles. The number of hydrogen-bond donors (Lipinski definition) is 3. The van der Waals surface area contributed by atoms with Gasteiger partial charge < -0.3 is 21.1 Å². The SMILES string of the molecule is Cc1ccc(NC(=O)CCOCCC(=O)Nc2ccccc2N)cc1. The number of carbonyl (C=O) groups excluding carboxylic acids is 2. The molecule has 0 fully saturated rings. The zero-order valence-corrected chi connectivity index (χ0v) is 14.2. The second kappa shape index (κ2) is 9.44. The summed E-state index contributed by atoms with van der Waals surface area (Å²) >= 11 is 0. The summed E-state index contributed by atoms with van der Waals surface area (Å²) < 4.78 is 5.35. The lowest BCUT2D eigenvalue weighted by Crippen LogP contribution is -2.17. The van der Waals surface area contributed by atoms with E-state index in [0.717, 1.165) is 11.3 Å². The molecule has 2 amide bonds. The molecule has 0 atom stereocenters. The number of amides is 2. The summed E-state index contributed by atoms with van der Waals surface area (Å²) in [6, 6.07) is 14.6. The number of nitrogens with one attached hydrogen (secondary N) is 2. The molecular formula is C19H23N3O3. The highest BCUT2D eigenvalue weighted by atomic mass is 16.5. The minimum Gasteiger partial charge on any atom is -0.397 e. The molecule has 132 valence electrons. The molecule has 0 heterocycles. The third-order valence-corrected chi connectivity index (χ3v) is 3.52. The fourth-order valence-electron chi connectivity index (χ4n) is 2.12. The molecule has 0 aromatic heterocycles. The van der Waals surface area contributed by atoms with Gasteiger partial charge in [-0.3, -0.25) is 9.59 Å². The van der Waals surface area contributed by atoms with Gasteiger partial charge in [0.15, 0.2) is 0 Å². The van der Waals surface area contributed by atoms with Gasteiger partial charge in [0, 0.05) is 5.69 Å². The molecule has 0 bridgehead atoms. The molecule has 2 aromatic carbocycles. The molecule has 4 N–H and O–H groups in total. The molecule has 0 radical (unpaired) electrons. The number of para-hydroxylation sites is 2. The van der Waals surface area contributed by atoms with Crippen molar-refractivity contribution < 1.29 is 14.3 Å². The van der Waals surface area contributed by atoms with E-state index in [4.69, 9.17) is 10.5 Å². The first-order valence-corrected chi connectivity index (χ1v) is 8.13. The molecule has 6 nitrogen and oxygen atoms in total. The summed E-state index contributed by atoms with van der Waals surface area (Å²) in [6.45, 7) is 2.50. The number of rotatable bonds is 8. The predicted molar refractivity (Wildman–Crippen MR) is 99.3 cm³/mol. The van der Waals surface area contributed by atoms with Gasteiger partial charge in [-0.05, 0) is 31.2 Å².